The maximum absolute atomic E-state index is 12.6. The number of Topliss-reactive ketones (excluding diaryl/α,β-unsaturated/α-hetero) is 1. The first kappa shape index (κ1) is 16.0. The van der Waals surface area contributed by atoms with Crippen LogP contribution in [0.5, 0.6) is 0 Å². The maximum Gasteiger partial charge on any atom is 0.251 e. The molecule has 0 unspecified atom stereocenters. The summed E-state index contributed by atoms with van der Waals surface area (Å²) in [6, 6.07) is 17.6. The lowest BCUT2D eigenvalue weighted by Gasteiger charge is -2.19. The van der Waals surface area contributed by atoms with Gasteiger partial charge in [0.1, 0.15) is 0 Å². The normalized spacial score (nSPS) is 12.0. The highest BCUT2D eigenvalue weighted by atomic mass is 16.2. The number of hydrogen-bond acceptors (Lipinski definition) is 2. The van der Waals surface area contributed by atoms with E-state index in [2.05, 4.69) is 5.32 Å². The lowest BCUT2D eigenvalue weighted by atomic mass is 9.95. The van der Waals surface area contributed by atoms with Gasteiger partial charge in [-0.15, -0.1) is 0 Å². The Morgan fingerprint density at radius 1 is 0.864 bits per heavy atom. The topological polar surface area (TPSA) is 46.2 Å². The molecule has 0 aromatic heterocycles. The summed E-state index contributed by atoms with van der Waals surface area (Å²) in [6.07, 6.45) is 0.617. The van der Waals surface area contributed by atoms with Crippen LogP contribution in [0.25, 0.3) is 0 Å². The average Bonchev–Trinajstić information content (AvgIpc) is 2.54. The first-order valence-electron chi connectivity index (χ1n) is 7.53. The van der Waals surface area contributed by atoms with Gasteiger partial charge in [-0.05, 0) is 24.5 Å². The third kappa shape index (κ3) is 4.29. The number of carbonyl (C=O) groups is 2. The van der Waals surface area contributed by atoms with E-state index in [-0.39, 0.29) is 11.7 Å². The summed E-state index contributed by atoms with van der Waals surface area (Å²) in [4.78, 5) is 24.9. The molecule has 0 spiro atoms. The molecule has 3 heteroatoms. The highest BCUT2D eigenvalue weighted by Crippen LogP contribution is 2.12. The van der Waals surface area contributed by atoms with Crippen molar-refractivity contribution >= 4 is 11.7 Å². The Labute approximate surface area is 131 Å². The zero-order valence-electron chi connectivity index (χ0n) is 13.0. The van der Waals surface area contributed by atoms with E-state index in [9.17, 15) is 9.59 Å². The number of benzene rings is 2. The van der Waals surface area contributed by atoms with Crippen molar-refractivity contribution in [1.29, 1.82) is 0 Å². The van der Waals surface area contributed by atoms with E-state index < -0.39 is 6.04 Å². The lowest BCUT2D eigenvalue weighted by molar-refractivity contribution is 0.0845. The van der Waals surface area contributed by atoms with Crippen molar-refractivity contribution in [2.24, 2.45) is 5.92 Å². The molecule has 0 bridgehead atoms. The summed E-state index contributed by atoms with van der Waals surface area (Å²) < 4.78 is 0. The smallest absolute Gasteiger partial charge is 0.251 e. The SMILES string of the molecule is CC(C)C[C@H](NC(=O)c1ccccc1)C(=O)c1ccccc1. The first-order valence-corrected chi connectivity index (χ1v) is 7.53. The van der Waals surface area contributed by atoms with Crippen molar-refractivity contribution in [2.75, 3.05) is 0 Å². The molecule has 22 heavy (non-hydrogen) atoms. The van der Waals surface area contributed by atoms with Crippen molar-refractivity contribution in [2.45, 2.75) is 26.3 Å². The summed E-state index contributed by atoms with van der Waals surface area (Å²) in [5.41, 5.74) is 1.19. The van der Waals surface area contributed by atoms with Gasteiger partial charge >= 0.3 is 0 Å². The monoisotopic (exact) mass is 295 g/mol. The molecular weight excluding hydrogens is 274 g/mol. The van der Waals surface area contributed by atoms with Crippen LogP contribution in [0.15, 0.2) is 60.7 Å². The van der Waals surface area contributed by atoms with Gasteiger partial charge in [0.05, 0.1) is 6.04 Å². The Kier molecular flexibility index (Phi) is 5.48. The molecule has 1 atom stereocenters. The second-order valence-corrected chi connectivity index (χ2v) is 5.75. The molecule has 2 rings (SSSR count). The standard InChI is InChI=1S/C19H21NO2/c1-14(2)13-17(18(21)15-9-5-3-6-10-15)20-19(22)16-11-7-4-8-12-16/h3-12,14,17H,13H2,1-2H3,(H,20,22)/t17-/m0/s1. The van der Waals surface area contributed by atoms with Gasteiger partial charge in [0.15, 0.2) is 5.78 Å². The van der Waals surface area contributed by atoms with Gasteiger partial charge in [-0.1, -0.05) is 62.4 Å². The third-order valence-corrected chi connectivity index (χ3v) is 3.42. The second-order valence-electron chi connectivity index (χ2n) is 5.75. The number of ketones is 1. The quantitative estimate of drug-likeness (QED) is 0.826. The van der Waals surface area contributed by atoms with Crippen LogP contribution in [0, 0.1) is 5.92 Å². The molecule has 0 fully saturated rings. The molecule has 0 aliphatic rings. The molecular formula is C19H21NO2. The van der Waals surface area contributed by atoms with Crippen molar-refractivity contribution in [3.05, 3.63) is 71.8 Å². The average molecular weight is 295 g/mol. The zero-order valence-corrected chi connectivity index (χ0v) is 13.0. The van der Waals surface area contributed by atoms with Gasteiger partial charge < -0.3 is 5.32 Å². The number of carbonyl (C=O) groups excluding carboxylic acids is 2. The Morgan fingerprint density at radius 2 is 1.36 bits per heavy atom. The number of nitrogens with one attached hydrogen (secondary N) is 1. The van der Waals surface area contributed by atoms with Crippen LogP contribution < -0.4 is 5.32 Å². The predicted octanol–water partition coefficient (Wildman–Crippen LogP) is 3.71. The van der Waals surface area contributed by atoms with E-state index in [1.165, 1.54) is 0 Å². The minimum absolute atomic E-state index is 0.0430. The van der Waals surface area contributed by atoms with Gasteiger partial charge in [-0.25, -0.2) is 0 Å². The molecule has 0 saturated heterocycles. The molecule has 0 heterocycles. The fourth-order valence-corrected chi connectivity index (χ4v) is 2.34. The van der Waals surface area contributed by atoms with E-state index in [0.29, 0.717) is 23.5 Å². The summed E-state index contributed by atoms with van der Waals surface area (Å²) in [5, 5.41) is 2.87. The molecule has 0 saturated carbocycles. The van der Waals surface area contributed by atoms with Gasteiger partial charge in [0.25, 0.3) is 5.91 Å². The van der Waals surface area contributed by atoms with Gasteiger partial charge in [0, 0.05) is 11.1 Å². The van der Waals surface area contributed by atoms with Crippen LogP contribution >= 0.6 is 0 Å². The second kappa shape index (κ2) is 7.55. The molecule has 2 aromatic rings. The van der Waals surface area contributed by atoms with Crippen LogP contribution in [-0.2, 0) is 0 Å². The highest BCUT2D eigenvalue weighted by Gasteiger charge is 2.23. The van der Waals surface area contributed by atoms with Gasteiger partial charge in [0.2, 0.25) is 0 Å². The van der Waals surface area contributed by atoms with E-state index in [0.717, 1.165) is 0 Å². The fraction of sp³-hybridized carbons (Fsp3) is 0.263. The van der Waals surface area contributed by atoms with Gasteiger partial charge in [-0.2, -0.15) is 0 Å². The van der Waals surface area contributed by atoms with Gasteiger partial charge in [-0.3, -0.25) is 9.59 Å². The number of rotatable bonds is 6. The Bertz CT molecular complexity index is 620. The number of hydrogen-bond donors (Lipinski definition) is 1. The number of amides is 1. The molecule has 0 aliphatic carbocycles. The molecule has 1 amide bonds. The summed E-state index contributed by atoms with van der Waals surface area (Å²) in [6.45, 7) is 4.08. The van der Waals surface area contributed by atoms with E-state index in [4.69, 9.17) is 0 Å². The molecule has 114 valence electrons. The third-order valence-electron chi connectivity index (χ3n) is 3.42. The summed E-state index contributed by atoms with van der Waals surface area (Å²) in [7, 11) is 0. The minimum Gasteiger partial charge on any atom is -0.342 e. The van der Waals surface area contributed by atoms with E-state index >= 15 is 0 Å². The summed E-state index contributed by atoms with van der Waals surface area (Å²) >= 11 is 0. The van der Waals surface area contributed by atoms with Crippen LogP contribution in [0.4, 0.5) is 0 Å². The molecule has 1 N–H and O–H groups in total. The maximum atomic E-state index is 12.6. The van der Waals surface area contributed by atoms with Crippen molar-refractivity contribution in [3.8, 4) is 0 Å². The van der Waals surface area contributed by atoms with Crippen molar-refractivity contribution < 1.29 is 9.59 Å². The Morgan fingerprint density at radius 3 is 1.86 bits per heavy atom. The van der Waals surface area contributed by atoms with E-state index in [1.54, 1.807) is 24.3 Å². The molecule has 0 radical (unpaired) electrons. The molecule has 3 nitrogen and oxygen atoms in total. The predicted molar refractivity (Wildman–Crippen MR) is 87.9 cm³/mol. The van der Waals surface area contributed by atoms with Crippen molar-refractivity contribution in [3.63, 3.8) is 0 Å². The molecule has 0 aliphatic heterocycles. The zero-order chi connectivity index (χ0) is 15.9. The lowest BCUT2D eigenvalue weighted by Crippen LogP contribution is -2.41. The van der Waals surface area contributed by atoms with Crippen LogP contribution in [0.2, 0.25) is 0 Å². The van der Waals surface area contributed by atoms with Crippen LogP contribution in [0.3, 0.4) is 0 Å². The van der Waals surface area contributed by atoms with Crippen molar-refractivity contribution in [1.82, 2.24) is 5.32 Å². The highest BCUT2D eigenvalue weighted by molar-refractivity contribution is 6.04. The fourth-order valence-electron chi connectivity index (χ4n) is 2.34. The largest absolute Gasteiger partial charge is 0.342 e. The first-order chi connectivity index (χ1) is 10.6. The Hall–Kier alpha value is -2.42. The molecule has 2 aromatic carbocycles. The van der Waals surface area contributed by atoms with E-state index in [1.807, 2.05) is 50.2 Å². The van der Waals surface area contributed by atoms with Crippen LogP contribution in [0.1, 0.15) is 41.0 Å². The summed E-state index contributed by atoms with van der Waals surface area (Å²) in [5.74, 6) is 0.0582. The van der Waals surface area contributed by atoms with Crippen LogP contribution in [-0.4, -0.2) is 17.7 Å². The Balaban J connectivity index is 2.16. The minimum atomic E-state index is -0.505.